The van der Waals surface area contributed by atoms with Crippen molar-refractivity contribution in [3.05, 3.63) is 64.4 Å². The molecule has 0 unspecified atom stereocenters. The summed E-state index contributed by atoms with van der Waals surface area (Å²) in [6.07, 6.45) is 0. The van der Waals surface area contributed by atoms with Crippen LogP contribution in [0.4, 0.5) is 0 Å². The monoisotopic (exact) mass is 301 g/mol. The van der Waals surface area contributed by atoms with Gasteiger partial charge in [-0.05, 0) is 17.7 Å². The molecule has 0 fully saturated rings. The summed E-state index contributed by atoms with van der Waals surface area (Å²) < 4.78 is 1.38. The maximum atomic E-state index is 12.1. The van der Waals surface area contributed by atoms with Crippen molar-refractivity contribution < 1.29 is 0 Å². The van der Waals surface area contributed by atoms with Crippen LogP contribution < -0.4 is 11.3 Å². The number of benzene rings is 2. The number of hydrogen-bond acceptors (Lipinski definition) is 3. The highest BCUT2D eigenvalue weighted by molar-refractivity contribution is 5.93. The lowest BCUT2D eigenvalue weighted by molar-refractivity contribution is 0.722. The standard InChI is InChI=1S/C16H15N3O.ClH/c1-19-16(20)14-8-3-2-7-13(14)15(18-19)12-6-4-5-11(9-12)10-17;/h2-9H,10,17H2,1H3;1H. The zero-order valence-electron chi connectivity index (χ0n) is 11.6. The average molecular weight is 302 g/mol. The van der Waals surface area contributed by atoms with Gasteiger partial charge in [0.2, 0.25) is 0 Å². The number of aryl methyl sites for hydroxylation is 1. The molecule has 4 nitrogen and oxygen atoms in total. The lowest BCUT2D eigenvalue weighted by Gasteiger charge is -2.09. The number of halogens is 1. The van der Waals surface area contributed by atoms with E-state index in [0.29, 0.717) is 11.9 Å². The number of hydrogen-bond donors (Lipinski definition) is 1. The molecule has 5 heteroatoms. The molecule has 1 heterocycles. The molecule has 0 aliphatic rings. The predicted molar refractivity (Wildman–Crippen MR) is 87.6 cm³/mol. The molecule has 2 aromatic carbocycles. The van der Waals surface area contributed by atoms with Gasteiger partial charge in [-0.3, -0.25) is 4.79 Å². The Hall–Kier alpha value is -2.17. The van der Waals surface area contributed by atoms with Gasteiger partial charge < -0.3 is 5.73 Å². The lowest BCUT2D eigenvalue weighted by atomic mass is 10.0. The van der Waals surface area contributed by atoms with Crippen LogP contribution in [0.1, 0.15) is 5.56 Å². The van der Waals surface area contributed by atoms with Crippen LogP contribution in [-0.4, -0.2) is 9.78 Å². The van der Waals surface area contributed by atoms with Crippen LogP contribution >= 0.6 is 12.4 Å². The minimum atomic E-state index is -0.0840. The molecular weight excluding hydrogens is 286 g/mol. The second kappa shape index (κ2) is 6.08. The van der Waals surface area contributed by atoms with Crippen LogP contribution in [0.5, 0.6) is 0 Å². The fourth-order valence-electron chi connectivity index (χ4n) is 2.36. The maximum Gasteiger partial charge on any atom is 0.274 e. The second-order valence-electron chi connectivity index (χ2n) is 4.73. The third-order valence-corrected chi connectivity index (χ3v) is 3.39. The molecule has 3 rings (SSSR count). The highest BCUT2D eigenvalue weighted by Gasteiger charge is 2.10. The summed E-state index contributed by atoms with van der Waals surface area (Å²) in [7, 11) is 1.67. The third-order valence-electron chi connectivity index (χ3n) is 3.39. The van der Waals surface area contributed by atoms with Crippen LogP contribution in [0.15, 0.2) is 53.3 Å². The van der Waals surface area contributed by atoms with E-state index in [0.717, 1.165) is 22.2 Å². The van der Waals surface area contributed by atoms with Crippen molar-refractivity contribution in [1.82, 2.24) is 9.78 Å². The molecule has 3 aromatic rings. The minimum Gasteiger partial charge on any atom is -0.326 e. The first kappa shape index (κ1) is 15.2. The molecule has 0 aliphatic heterocycles. The molecule has 1 aromatic heterocycles. The Morgan fingerprint density at radius 1 is 1.10 bits per heavy atom. The van der Waals surface area contributed by atoms with E-state index < -0.39 is 0 Å². The van der Waals surface area contributed by atoms with Gasteiger partial charge in [0, 0.05) is 24.5 Å². The van der Waals surface area contributed by atoms with Crippen molar-refractivity contribution >= 4 is 23.2 Å². The molecule has 0 aliphatic carbocycles. The molecule has 108 valence electrons. The summed E-state index contributed by atoms with van der Waals surface area (Å²) in [6.45, 7) is 0.484. The summed E-state index contributed by atoms with van der Waals surface area (Å²) in [5, 5.41) is 5.95. The lowest BCUT2D eigenvalue weighted by Crippen LogP contribution is -2.20. The maximum absolute atomic E-state index is 12.1. The molecule has 0 saturated carbocycles. The van der Waals surface area contributed by atoms with Crippen molar-refractivity contribution in [2.75, 3.05) is 0 Å². The third kappa shape index (κ3) is 2.68. The topological polar surface area (TPSA) is 60.9 Å². The van der Waals surface area contributed by atoms with Crippen LogP contribution in [-0.2, 0) is 13.6 Å². The quantitative estimate of drug-likeness (QED) is 0.791. The fourth-order valence-corrected chi connectivity index (χ4v) is 2.36. The smallest absolute Gasteiger partial charge is 0.274 e. The van der Waals surface area contributed by atoms with Gasteiger partial charge in [-0.2, -0.15) is 5.10 Å². The van der Waals surface area contributed by atoms with Crippen LogP contribution in [0.25, 0.3) is 22.0 Å². The van der Waals surface area contributed by atoms with Crippen molar-refractivity contribution in [1.29, 1.82) is 0 Å². The first-order valence-corrected chi connectivity index (χ1v) is 6.46. The van der Waals surface area contributed by atoms with Crippen LogP contribution in [0.2, 0.25) is 0 Å². The molecule has 0 amide bonds. The normalized spacial score (nSPS) is 10.4. The molecule has 0 atom stereocenters. The molecule has 0 radical (unpaired) electrons. The zero-order valence-corrected chi connectivity index (χ0v) is 12.4. The Kier molecular flexibility index (Phi) is 4.40. The number of rotatable bonds is 2. The van der Waals surface area contributed by atoms with Crippen molar-refractivity contribution in [2.45, 2.75) is 6.54 Å². The fraction of sp³-hybridized carbons (Fsp3) is 0.125. The molecule has 0 spiro atoms. The zero-order chi connectivity index (χ0) is 14.1. The summed E-state index contributed by atoms with van der Waals surface area (Å²) in [5.74, 6) is 0. The Labute approximate surface area is 128 Å². The predicted octanol–water partition coefficient (Wildman–Crippen LogP) is 2.48. The van der Waals surface area contributed by atoms with Crippen molar-refractivity contribution in [3.63, 3.8) is 0 Å². The van der Waals surface area contributed by atoms with E-state index in [9.17, 15) is 4.79 Å². The van der Waals surface area contributed by atoms with Crippen LogP contribution in [0.3, 0.4) is 0 Å². The summed E-state index contributed by atoms with van der Waals surface area (Å²) in [6, 6.07) is 15.5. The highest BCUT2D eigenvalue weighted by Crippen LogP contribution is 2.25. The number of fused-ring (bicyclic) bond motifs is 1. The average Bonchev–Trinajstić information content (AvgIpc) is 2.51. The Morgan fingerprint density at radius 3 is 2.52 bits per heavy atom. The SMILES string of the molecule is Cl.Cn1nc(-c2cccc(CN)c2)c2ccccc2c1=O. The van der Waals surface area contributed by atoms with Gasteiger partial charge >= 0.3 is 0 Å². The molecule has 0 saturated heterocycles. The van der Waals surface area contributed by atoms with Crippen molar-refractivity contribution in [2.24, 2.45) is 12.8 Å². The largest absolute Gasteiger partial charge is 0.326 e. The van der Waals surface area contributed by atoms with Gasteiger partial charge in [0.25, 0.3) is 5.56 Å². The van der Waals surface area contributed by atoms with Crippen molar-refractivity contribution in [3.8, 4) is 11.3 Å². The van der Waals surface area contributed by atoms with Gasteiger partial charge in [-0.15, -0.1) is 12.4 Å². The van der Waals surface area contributed by atoms with Gasteiger partial charge in [-0.25, -0.2) is 4.68 Å². The first-order chi connectivity index (χ1) is 9.70. The van der Waals surface area contributed by atoms with Crippen LogP contribution in [0, 0.1) is 0 Å². The van der Waals surface area contributed by atoms with Gasteiger partial charge in [0.05, 0.1) is 11.1 Å². The highest BCUT2D eigenvalue weighted by atomic mass is 35.5. The van der Waals surface area contributed by atoms with Gasteiger partial charge in [-0.1, -0.05) is 36.4 Å². The van der Waals surface area contributed by atoms with E-state index in [1.165, 1.54) is 4.68 Å². The van der Waals surface area contributed by atoms with E-state index in [1.54, 1.807) is 7.05 Å². The Bertz CT molecular complexity index is 842. The molecular formula is C16H16ClN3O. The summed E-state index contributed by atoms with van der Waals surface area (Å²) in [4.78, 5) is 12.1. The van der Waals surface area contributed by atoms with E-state index in [4.69, 9.17) is 5.73 Å². The van der Waals surface area contributed by atoms with E-state index in [1.807, 2.05) is 48.5 Å². The first-order valence-electron chi connectivity index (χ1n) is 6.46. The Morgan fingerprint density at radius 2 is 1.81 bits per heavy atom. The van der Waals surface area contributed by atoms with Gasteiger partial charge in [0.1, 0.15) is 0 Å². The van der Waals surface area contributed by atoms with E-state index in [2.05, 4.69) is 5.10 Å². The Balaban J connectivity index is 0.00000161. The second-order valence-corrected chi connectivity index (χ2v) is 4.73. The number of aromatic nitrogens is 2. The van der Waals surface area contributed by atoms with E-state index in [-0.39, 0.29) is 18.0 Å². The molecule has 21 heavy (non-hydrogen) atoms. The van der Waals surface area contributed by atoms with E-state index >= 15 is 0 Å². The number of nitrogens with two attached hydrogens (primary N) is 1. The number of nitrogens with zero attached hydrogens (tertiary/aromatic N) is 2. The molecule has 2 N–H and O–H groups in total. The van der Waals surface area contributed by atoms with Gasteiger partial charge in [0.15, 0.2) is 0 Å². The minimum absolute atomic E-state index is 0. The molecule has 0 bridgehead atoms. The summed E-state index contributed by atoms with van der Waals surface area (Å²) in [5.41, 5.74) is 8.42. The summed E-state index contributed by atoms with van der Waals surface area (Å²) >= 11 is 0.